The van der Waals surface area contributed by atoms with E-state index in [9.17, 15) is 9.59 Å². The number of nitrogens with one attached hydrogen (secondary N) is 1. The van der Waals surface area contributed by atoms with Gasteiger partial charge in [-0.15, -0.1) is 0 Å². The first kappa shape index (κ1) is 23.6. The zero-order chi connectivity index (χ0) is 22.9. The summed E-state index contributed by atoms with van der Waals surface area (Å²) in [6, 6.07) is 14.7. The Hall–Kier alpha value is -3.02. The maximum atomic E-state index is 13.2. The summed E-state index contributed by atoms with van der Waals surface area (Å²) in [6.45, 7) is 3.92. The van der Waals surface area contributed by atoms with Crippen molar-refractivity contribution in [2.24, 2.45) is 0 Å². The van der Waals surface area contributed by atoms with E-state index in [1.165, 1.54) is 6.42 Å². The first-order valence-corrected chi connectivity index (χ1v) is 11.4. The van der Waals surface area contributed by atoms with Crippen LogP contribution < -0.4 is 14.8 Å². The van der Waals surface area contributed by atoms with Crippen LogP contribution in [0.2, 0.25) is 0 Å². The summed E-state index contributed by atoms with van der Waals surface area (Å²) in [5.41, 5.74) is 1.89. The molecular weight excluding hydrogens is 404 g/mol. The van der Waals surface area contributed by atoms with Crippen LogP contribution >= 0.6 is 0 Å². The Morgan fingerprint density at radius 2 is 1.75 bits per heavy atom. The fraction of sp³-hybridized carbons (Fsp3) is 0.462. The number of hydrogen-bond donors (Lipinski definition) is 1. The maximum Gasteiger partial charge on any atom is 0.261 e. The molecular formula is C26H34N2O4. The van der Waals surface area contributed by atoms with E-state index < -0.39 is 6.04 Å². The molecule has 2 aromatic rings. The smallest absolute Gasteiger partial charge is 0.261 e. The van der Waals surface area contributed by atoms with Crippen LogP contribution in [0.25, 0.3) is 0 Å². The lowest BCUT2D eigenvalue weighted by molar-refractivity contribution is -0.142. The van der Waals surface area contributed by atoms with E-state index in [1.54, 1.807) is 18.9 Å². The molecule has 3 rings (SSSR count). The van der Waals surface area contributed by atoms with Crippen molar-refractivity contribution in [2.45, 2.75) is 64.6 Å². The number of rotatable bonds is 9. The zero-order valence-corrected chi connectivity index (χ0v) is 19.3. The van der Waals surface area contributed by atoms with E-state index in [2.05, 4.69) is 5.32 Å². The first-order chi connectivity index (χ1) is 15.5. The van der Waals surface area contributed by atoms with Crippen molar-refractivity contribution in [1.82, 2.24) is 10.2 Å². The summed E-state index contributed by atoms with van der Waals surface area (Å²) >= 11 is 0. The van der Waals surface area contributed by atoms with E-state index in [-0.39, 0.29) is 24.5 Å². The highest BCUT2D eigenvalue weighted by Crippen LogP contribution is 2.20. The van der Waals surface area contributed by atoms with Crippen LogP contribution in [0.3, 0.4) is 0 Å². The van der Waals surface area contributed by atoms with Crippen LogP contribution in [0.5, 0.6) is 11.5 Å². The van der Waals surface area contributed by atoms with Gasteiger partial charge in [0, 0.05) is 12.6 Å². The third-order valence-corrected chi connectivity index (χ3v) is 6.08. The number of methoxy groups -OCH3 is 1. The molecule has 1 N–H and O–H groups in total. The molecule has 0 bridgehead atoms. The average Bonchev–Trinajstić information content (AvgIpc) is 2.82. The molecule has 1 saturated carbocycles. The summed E-state index contributed by atoms with van der Waals surface area (Å²) in [7, 11) is 1.62. The lowest BCUT2D eigenvalue weighted by Gasteiger charge is -2.31. The standard InChI is InChI=1S/C26H34N2O4/c1-19-9-7-8-12-24(19)32-18-25(29)28(17-21-13-15-23(31-3)16-14-21)20(2)26(30)27-22-10-5-4-6-11-22/h7-9,12-16,20,22H,4-6,10-11,17-18H2,1-3H3,(H,27,30). The van der Waals surface area contributed by atoms with E-state index in [1.807, 2.05) is 55.5 Å². The molecule has 32 heavy (non-hydrogen) atoms. The molecule has 2 aromatic carbocycles. The molecule has 1 atom stereocenters. The molecule has 1 aliphatic carbocycles. The first-order valence-electron chi connectivity index (χ1n) is 11.4. The second-order valence-electron chi connectivity index (χ2n) is 8.44. The maximum absolute atomic E-state index is 13.2. The molecule has 0 saturated heterocycles. The topological polar surface area (TPSA) is 67.9 Å². The summed E-state index contributed by atoms with van der Waals surface area (Å²) in [4.78, 5) is 27.8. The lowest BCUT2D eigenvalue weighted by atomic mass is 9.95. The van der Waals surface area contributed by atoms with Gasteiger partial charge in [-0.25, -0.2) is 0 Å². The van der Waals surface area contributed by atoms with Gasteiger partial charge in [-0.1, -0.05) is 49.6 Å². The van der Waals surface area contributed by atoms with E-state index in [4.69, 9.17) is 9.47 Å². The molecule has 0 aliphatic heterocycles. The molecule has 172 valence electrons. The van der Waals surface area contributed by atoms with Crippen molar-refractivity contribution in [3.05, 3.63) is 59.7 Å². The normalized spacial score (nSPS) is 15.0. The highest BCUT2D eigenvalue weighted by Gasteiger charge is 2.28. The number of benzene rings is 2. The van der Waals surface area contributed by atoms with Crippen LogP contribution in [0.1, 0.15) is 50.2 Å². The second-order valence-corrected chi connectivity index (χ2v) is 8.44. The number of para-hydroxylation sites is 1. The number of hydrogen-bond acceptors (Lipinski definition) is 4. The minimum Gasteiger partial charge on any atom is -0.497 e. The number of aryl methyl sites for hydroxylation is 1. The van der Waals surface area contributed by atoms with Gasteiger partial charge in [-0.2, -0.15) is 0 Å². The van der Waals surface area contributed by atoms with E-state index in [0.717, 1.165) is 42.6 Å². The van der Waals surface area contributed by atoms with E-state index in [0.29, 0.717) is 12.3 Å². The van der Waals surface area contributed by atoms with Crippen LogP contribution in [0.4, 0.5) is 0 Å². The van der Waals surface area contributed by atoms with Crippen molar-refractivity contribution >= 4 is 11.8 Å². The van der Waals surface area contributed by atoms with Gasteiger partial charge in [-0.05, 0) is 56.0 Å². The average molecular weight is 439 g/mol. The molecule has 1 fully saturated rings. The minimum atomic E-state index is -0.605. The Balaban J connectivity index is 1.71. The van der Waals surface area contributed by atoms with Gasteiger partial charge in [-0.3, -0.25) is 9.59 Å². The third kappa shape index (κ3) is 6.49. The largest absolute Gasteiger partial charge is 0.497 e. The SMILES string of the molecule is COc1ccc(CN(C(=O)COc2ccccc2C)C(C)C(=O)NC2CCCCC2)cc1. The number of ether oxygens (including phenoxy) is 2. The van der Waals surface area contributed by atoms with Crippen LogP contribution in [-0.4, -0.2) is 42.5 Å². The number of nitrogens with zero attached hydrogens (tertiary/aromatic N) is 1. The van der Waals surface area contributed by atoms with Gasteiger partial charge in [0.2, 0.25) is 5.91 Å². The van der Waals surface area contributed by atoms with Crippen molar-refractivity contribution in [3.63, 3.8) is 0 Å². The Morgan fingerprint density at radius 3 is 2.41 bits per heavy atom. The minimum absolute atomic E-state index is 0.116. The van der Waals surface area contributed by atoms with E-state index >= 15 is 0 Å². The second kappa shape index (κ2) is 11.6. The molecule has 0 heterocycles. The Bertz CT molecular complexity index is 891. The van der Waals surface area contributed by atoms with Gasteiger partial charge in [0.05, 0.1) is 7.11 Å². The summed E-state index contributed by atoms with van der Waals surface area (Å²) in [5, 5.41) is 3.15. The summed E-state index contributed by atoms with van der Waals surface area (Å²) < 4.78 is 11.0. The van der Waals surface area contributed by atoms with Crippen LogP contribution in [0.15, 0.2) is 48.5 Å². The molecule has 1 unspecified atom stereocenters. The molecule has 1 aliphatic rings. The lowest BCUT2D eigenvalue weighted by Crippen LogP contribution is -2.51. The molecule has 0 spiro atoms. The monoisotopic (exact) mass is 438 g/mol. The Kier molecular flexibility index (Phi) is 8.54. The summed E-state index contributed by atoms with van der Waals surface area (Å²) in [5.74, 6) is 1.08. The third-order valence-electron chi connectivity index (χ3n) is 6.08. The summed E-state index contributed by atoms with van der Waals surface area (Å²) in [6.07, 6.45) is 5.50. The zero-order valence-electron chi connectivity index (χ0n) is 19.3. The highest BCUT2D eigenvalue weighted by atomic mass is 16.5. The van der Waals surface area contributed by atoms with Crippen molar-refractivity contribution in [1.29, 1.82) is 0 Å². The predicted octanol–water partition coefficient (Wildman–Crippen LogP) is 4.25. The number of amides is 2. The fourth-order valence-corrected chi connectivity index (χ4v) is 4.02. The van der Waals surface area contributed by atoms with Crippen molar-refractivity contribution < 1.29 is 19.1 Å². The predicted molar refractivity (Wildman–Crippen MR) is 125 cm³/mol. The number of carbonyl (C=O) groups excluding carboxylic acids is 2. The highest BCUT2D eigenvalue weighted by molar-refractivity contribution is 5.88. The molecule has 0 aromatic heterocycles. The van der Waals surface area contributed by atoms with Crippen molar-refractivity contribution in [2.75, 3.05) is 13.7 Å². The number of carbonyl (C=O) groups is 2. The van der Waals surface area contributed by atoms with Crippen LogP contribution in [0, 0.1) is 6.92 Å². The quantitative estimate of drug-likeness (QED) is 0.636. The van der Waals surface area contributed by atoms with Gasteiger partial charge in [0.25, 0.3) is 5.91 Å². The molecule has 6 heteroatoms. The van der Waals surface area contributed by atoms with Crippen molar-refractivity contribution in [3.8, 4) is 11.5 Å². The fourth-order valence-electron chi connectivity index (χ4n) is 4.02. The van der Waals surface area contributed by atoms with Gasteiger partial charge in [0.15, 0.2) is 6.61 Å². The van der Waals surface area contributed by atoms with Gasteiger partial charge >= 0.3 is 0 Å². The van der Waals surface area contributed by atoms with Gasteiger partial charge in [0.1, 0.15) is 17.5 Å². The molecule has 6 nitrogen and oxygen atoms in total. The molecule has 0 radical (unpaired) electrons. The van der Waals surface area contributed by atoms with Gasteiger partial charge < -0.3 is 19.7 Å². The van der Waals surface area contributed by atoms with Crippen LogP contribution in [-0.2, 0) is 16.1 Å². The molecule has 2 amide bonds. The Labute approximate surface area is 190 Å². The Morgan fingerprint density at radius 1 is 1.06 bits per heavy atom.